The Morgan fingerprint density at radius 2 is 1.96 bits per heavy atom. The quantitative estimate of drug-likeness (QED) is 0.358. The number of hydrogen-bond acceptors (Lipinski definition) is 4. The average Bonchev–Trinajstić information content (AvgIpc) is 3.29. The van der Waals surface area contributed by atoms with Crippen LogP contribution in [0.1, 0.15) is 51.4 Å². The number of thioether (sulfide) groups is 1. The molecule has 26 heavy (non-hydrogen) atoms. The van der Waals surface area contributed by atoms with Gasteiger partial charge in [-0.15, -0.1) is 24.0 Å². The zero-order chi connectivity index (χ0) is 17.1. The van der Waals surface area contributed by atoms with Crippen molar-refractivity contribution < 1.29 is 4.74 Å². The van der Waals surface area contributed by atoms with E-state index in [0.29, 0.717) is 23.8 Å². The first-order valence-electron chi connectivity index (χ1n) is 10.2. The van der Waals surface area contributed by atoms with E-state index in [1.807, 2.05) is 7.05 Å². The fraction of sp³-hybridized carbons (Fsp3) is 0.947. The van der Waals surface area contributed by atoms with Crippen molar-refractivity contribution in [2.75, 3.05) is 38.2 Å². The minimum absolute atomic E-state index is 0. The monoisotopic (exact) mass is 494 g/mol. The fourth-order valence-electron chi connectivity index (χ4n) is 5.26. The largest absolute Gasteiger partial charge is 0.373 e. The van der Waals surface area contributed by atoms with Crippen molar-refractivity contribution in [3.63, 3.8) is 0 Å². The second-order valence-electron chi connectivity index (χ2n) is 8.17. The van der Waals surface area contributed by atoms with E-state index in [2.05, 4.69) is 32.3 Å². The zero-order valence-corrected chi connectivity index (χ0v) is 19.2. The zero-order valence-electron chi connectivity index (χ0n) is 16.0. The van der Waals surface area contributed by atoms with Gasteiger partial charge in [0.25, 0.3) is 0 Å². The summed E-state index contributed by atoms with van der Waals surface area (Å²) in [6.45, 7) is 3.52. The molecule has 3 unspecified atom stereocenters. The van der Waals surface area contributed by atoms with Gasteiger partial charge in [0.05, 0.1) is 18.2 Å². The summed E-state index contributed by atoms with van der Waals surface area (Å²) in [4.78, 5) is 7.29. The van der Waals surface area contributed by atoms with Gasteiger partial charge in [-0.2, -0.15) is 11.8 Å². The van der Waals surface area contributed by atoms with Gasteiger partial charge in [-0.25, -0.2) is 0 Å². The topological polar surface area (TPSA) is 48.9 Å². The summed E-state index contributed by atoms with van der Waals surface area (Å²) in [7, 11) is 1.90. The third-order valence-corrected chi connectivity index (χ3v) is 7.65. The predicted molar refractivity (Wildman–Crippen MR) is 121 cm³/mol. The Morgan fingerprint density at radius 1 is 1.19 bits per heavy atom. The Hall–Kier alpha value is 0.270. The first-order chi connectivity index (χ1) is 12.3. The van der Waals surface area contributed by atoms with E-state index in [-0.39, 0.29) is 24.0 Å². The van der Waals surface area contributed by atoms with E-state index < -0.39 is 0 Å². The van der Waals surface area contributed by atoms with Crippen LogP contribution in [0.5, 0.6) is 0 Å². The lowest BCUT2D eigenvalue weighted by Crippen LogP contribution is -2.60. The third-order valence-electron chi connectivity index (χ3n) is 6.70. The van der Waals surface area contributed by atoms with Gasteiger partial charge in [0.15, 0.2) is 5.96 Å². The highest BCUT2D eigenvalue weighted by molar-refractivity contribution is 14.0. The van der Waals surface area contributed by atoms with Crippen LogP contribution in [0.3, 0.4) is 0 Å². The number of fused-ring (bicyclic) bond motifs is 2. The maximum Gasteiger partial charge on any atom is 0.191 e. The molecule has 2 N–H and O–H groups in total. The first-order valence-corrected chi connectivity index (χ1v) is 11.4. The number of nitrogens with zero attached hydrogens (tertiary/aromatic N) is 2. The molecule has 1 aliphatic carbocycles. The second kappa shape index (κ2) is 9.65. The standard InChI is InChI=1S/C19H34N4OS.HI/c1-20-18(22-16-13-15-5-6-17(16)24-15)21-14-19(7-3-2-4-8-19)23-9-11-25-12-10-23;/h15-17H,2-14H2,1H3,(H2,20,21,22);1H. The molecule has 0 amide bonds. The molecular formula is C19H35IN4OS. The molecule has 2 bridgehead atoms. The molecule has 0 radical (unpaired) electrons. The molecule has 7 heteroatoms. The molecule has 0 spiro atoms. The van der Waals surface area contributed by atoms with Gasteiger partial charge in [-0.3, -0.25) is 9.89 Å². The van der Waals surface area contributed by atoms with E-state index in [9.17, 15) is 0 Å². The molecule has 5 nitrogen and oxygen atoms in total. The normalized spacial score (nSPS) is 34.3. The number of halogens is 1. The van der Waals surface area contributed by atoms with Gasteiger partial charge in [-0.05, 0) is 32.1 Å². The number of nitrogens with one attached hydrogen (secondary N) is 2. The molecule has 3 atom stereocenters. The lowest BCUT2D eigenvalue weighted by molar-refractivity contribution is 0.0624. The van der Waals surface area contributed by atoms with E-state index >= 15 is 0 Å². The number of ether oxygens (including phenoxy) is 1. The molecule has 0 aromatic heterocycles. The van der Waals surface area contributed by atoms with Crippen molar-refractivity contribution in [1.82, 2.24) is 15.5 Å². The van der Waals surface area contributed by atoms with E-state index in [0.717, 1.165) is 18.9 Å². The Bertz CT molecular complexity index is 480. The van der Waals surface area contributed by atoms with Gasteiger partial charge in [0.2, 0.25) is 0 Å². The number of rotatable bonds is 4. The summed E-state index contributed by atoms with van der Waals surface area (Å²) in [5, 5.41) is 7.35. The van der Waals surface area contributed by atoms with Crippen LogP contribution in [-0.4, -0.2) is 72.8 Å². The van der Waals surface area contributed by atoms with E-state index in [4.69, 9.17) is 4.74 Å². The molecule has 4 fully saturated rings. The van der Waals surface area contributed by atoms with Crippen molar-refractivity contribution in [2.24, 2.45) is 4.99 Å². The Kier molecular flexibility index (Phi) is 7.79. The van der Waals surface area contributed by atoms with Crippen LogP contribution < -0.4 is 10.6 Å². The Balaban J connectivity index is 0.00000196. The molecule has 3 saturated heterocycles. The van der Waals surface area contributed by atoms with Crippen LogP contribution in [-0.2, 0) is 4.74 Å². The van der Waals surface area contributed by atoms with Crippen molar-refractivity contribution in [2.45, 2.75) is 75.2 Å². The molecule has 0 aromatic rings. The lowest BCUT2D eigenvalue weighted by atomic mass is 9.80. The van der Waals surface area contributed by atoms with Crippen molar-refractivity contribution in [3.8, 4) is 0 Å². The first kappa shape index (κ1) is 21.0. The van der Waals surface area contributed by atoms with Crippen LogP contribution in [0.2, 0.25) is 0 Å². The highest BCUT2D eigenvalue weighted by Gasteiger charge is 2.42. The number of guanidine groups is 1. The van der Waals surface area contributed by atoms with Crippen LogP contribution in [0.4, 0.5) is 0 Å². The SMILES string of the molecule is CN=C(NCC1(N2CCSCC2)CCCCC1)NC1CC2CCC1O2.I. The van der Waals surface area contributed by atoms with Gasteiger partial charge in [0, 0.05) is 43.7 Å². The van der Waals surface area contributed by atoms with Gasteiger partial charge in [-0.1, -0.05) is 19.3 Å². The minimum Gasteiger partial charge on any atom is -0.373 e. The van der Waals surface area contributed by atoms with Crippen LogP contribution in [0.25, 0.3) is 0 Å². The molecule has 150 valence electrons. The average molecular weight is 494 g/mol. The molecule has 0 aromatic carbocycles. The maximum absolute atomic E-state index is 5.98. The highest BCUT2D eigenvalue weighted by Crippen LogP contribution is 2.36. The third kappa shape index (κ3) is 4.63. The van der Waals surface area contributed by atoms with Gasteiger partial charge in [0.1, 0.15) is 0 Å². The maximum atomic E-state index is 5.98. The number of aliphatic imine (C=N–C) groups is 1. The van der Waals surface area contributed by atoms with Crippen LogP contribution in [0, 0.1) is 0 Å². The van der Waals surface area contributed by atoms with Crippen LogP contribution in [0.15, 0.2) is 4.99 Å². The smallest absolute Gasteiger partial charge is 0.191 e. The predicted octanol–water partition coefficient (Wildman–Crippen LogP) is 2.84. The highest BCUT2D eigenvalue weighted by atomic mass is 127. The van der Waals surface area contributed by atoms with Crippen molar-refractivity contribution in [3.05, 3.63) is 0 Å². The minimum atomic E-state index is 0. The van der Waals surface area contributed by atoms with E-state index in [1.54, 1.807) is 0 Å². The van der Waals surface area contributed by atoms with Crippen molar-refractivity contribution >= 4 is 41.7 Å². The molecule has 1 saturated carbocycles. The second-order valence-corrected chi connectivity index (χ2v) is 9.40. The molecule has 4 rings (SSSR count). The Morgan fingerprint density at radius 3 is 2.58 bits per heavy atom. The fourth-order valence-corrected chi connectivity index (χ4v) is 6.16. The van der Waals surface area contributed by atoms with Crippen LogP contribution >= 0.6 is 35.7 Å². The summed E-state index contributed by atoms with van der Waals surface area (Å²) >= 11 is 2.11. The molecule has 3 heterocycles. The lowest BCUT2D eigenvalue weighted by Gasteiger charge is -2.48. The molecular weight excluding hydrogens is 459 g/mol. The van der Waals surface area contributed by atoms with Gasteiger partial charge >= 0.3 is 0 Å². The summed E-state index contributed by atoms with van der Waals surface area (Å²) in [5.74, 6) is 3.55. The van der Waals surface area contributed by atoms with Crippen molar-refractivity contribution in [1.29, 1.82) is 0 Å². The summed E-state index contributed by atoms with van der Waals surface area (Å²) in [6.07, 6.45) is 11.3. The summed E-state index contributed by atoms with van der Waals surface area (Å²) in [5.41, 5.74) is 0.335. The van der Waals surface area contributed by atoms with E-state index in [1.165, 1.54) is 69.5 Å². The number of hydrogen-bond donors (Lipinski definition) is 2. The molecule has 4 aliphatic rings. The summed E-state index contributed by atoms with van der Waals surface area (Å²) < 4.78 is 5.98. The summed E-state index contributed by atoms with van der Waals surface area (Å²) in [6, 6.07) is 0.443. The molecule has 3 aliphatic heterocycles. The Labute approximate surface area is 179 Å². The van der Waals surface area contributed by atoms with Gasteiger partial charge < -0.3 is 15.4 Å².